The monoisotopic (exact) mass is 278 g/mol. The third kappa shape index (κ3) is 2.44. The van der Waals surface area contributed by atoms with Crippen LogP contribution in [0.2, 0.25) is 5.02 Å². The van der Waals surface area contributed by atoms with Gasteiger partial charge in [-0.1, -0.05) is 17.7 Å². The number of rotatable bonds is 2. The maximum absolute atomic E-state index is 13.6. The summed E-state index contributed by atoms with van der Waals surface area (Å²) in [7, 11) is -3.84. The fourth-order valence-corrected chi connectivity index (χ4v) is 3.75. The minimum atomic E-state index is -3.84. The van der Waals surface area contributed by atoms with Crippen molar-refractivity contribution in [3.63, 3.8) is 0 Å². The van der Waals surface area contributed by atoms with E-state index in [0.717, 1.165) is 6.07 Å². The molecule has 0 atom stereocenters. The van der Waals surface area contributed by atoms with Gasteiger partial charge in [-0.05, 0) is 12.1 Å². The fourth-order valence-electron chi connectivity index (χ4n) is 1.74. The molecule has 0 aliphatic carbocycles. The summed E-state index contributed by atoms with van der Waals surface area (Å²) in [6.45, 7) is 1.77. The molecule has 0 radical (unpaired) electrons. The molecule has 4 nitrogen and oxygen atoms in total. The van der Waals surface area contributed by atoms with Crippen LogP contribution in [0.3, 0.4) is 0 Å². The highest BCUT2D eigenvalue weighted by atomic mass is 35.5. The Balaban J connectivity index is 2.44. The number of hydrogen-bond acceptors (Lipinski definition) is 3. The SMILES string of the molecule is O=S(=O)(c1c(F)cccc1Cl)N1CCNCC1. The van der Waals surface area contributed by atoms with Gasteiger partial charge < -0.3 is 5.32 Å². The largest absolute Gasteiger partial charge is 0.314 e. The Hall–Kier alpha value is -0.690. The molecule has 1 aliphatic rings. The number of hydrogen-bond donors (Lipinski definition) is 1. The van der Waals surface area contributed by atoms with Gasteiger partial charge in [0.15, 0.2) is 0 Å². The Kier molecular flexibility index (Phi) is 3.67. The van der Waals surface area contributed by atoms with E-state index in [0.29, 0.717) is 26.2 Å². The first-order valence-electron chi connectivity index (χ1n) is 5.18. The van der Waals surface area contributed by atoms with Gasteiger partial charge in [-0.3, -0.25) is 0 Å². The predicted molar refractivity (Wildman–Crippen MR) is 63.0 cm³/mol. The lowest BCUT2D eigenvalue weighted by molar-refractivity contribution is 0.358. The second kappa shape index (κ2) is 4.89. The zero-order valence-electron chi connectivity index (χ0n) is 8.99. The molecule has 0 aromatic heterocycles. The number of piperazine rings is 1. The maximum atomic E-state index is 13.6. The highest BCUT2D eigenvalue weighted by Crippen LogP contribution is 2.27. The molecule has 0 saturated carbocycles. The molecule has 1 fully saturated rings. The molecule has 17 heavy (non-hydrogen) atoms. The maximum Gasteiger partial charge on any atom is 0.247 e. The highest BCUT2D eigenvalue weighted by molar-refractivity contribution is 7.89. The zero-order valence-corrected chi connectivity index (χ0v) is 10.6. The molecule has 1 aromatic carbocycles. The molecule has 0 spiro atoms. The second-order valence-corrected chi connectivity index (χ2v) is 5.99. The van der Waals surface area contributed by atoms with Crippen LogP contribution in [0.15, 0.2) is 23.1 Å². The molecule has 2 rings (SSSR count). The van der Waals surface area contributed by atoms with Crippen molar-refractivity contribution in [3.8, 4) is 0 Å². The van der Waals surface area contributed by atoms with Gasteiger partial charge in [0.05, 0.1) is 5.02 Å². The van der Waals surface area contributed by atoms with Gasteiger partial charge in [-0.15, -0.1) is 0 Å². The van der Waals surface area contributed by atoms with Crippen LogP contribution in [0.4, 0.5) is 4.39 Å². The minimum Gasteiger partial charge on any atom is -0.314 e. The van der Waals surface area contributed by atoms with Crippen molar-refractivity contribution in [2.75, 3.05) is 26.2 Å². The molecular weight excluding hydrogens is 267 g/mol. The number of halogens is 2. The molecule has 1 heterocycles. The minimum absolute atomic E-state index is 0.0801. The Bertz CT molecular complexity index is 495. The molecule has 1 aliphatic heterocycles. The Labute approximate surface area is 104 Å². The Morgan fingerprint density at radius 1 is 1.29 bits per heavy atom. The normalized spacial score (nSPS) is 18.2. The first-order valence-corrected chi connectivity index (χ1v) is 7.00. The summed E-state index contributed by atoms with van der Waals surface area (Å²) in [4.78, 5) is -0.427. The van der Waals surface area contributed by atoms with Gasteiger partial charge >= 0.3 is 0 Å². The molecule has 0 bridgehead atoms. The van der Waals surface area contributed by atoms with E-state index in [4.69, 9.17) is 11.6 Å². The topological polar surface area (TPSA) is 49.4 Å². The summed E-state index contributed by atoms with van der Waals surface area (Å²) in [5.41, 5.74) is 0. The standard InChI is InChI=1S/C10H12ClFN2O2S/c11-8-2-1-3-9(12)10(8)17(15,16)14-6-4-13-5-7-14/h1-3,13H,4-7H2. The van der Waals surface area contributed by atoms with Crippen molar-refractivity contribution in [2.24, 2.45) is 0 Å². The van der Waals surface area contributed by atoms with Crippen LogP contribution in [0.25, 0.3) is 0 Å². The molecule has 1 aromatic rings. The van der Waals surface area contributed by atoms with Crippen molar-refractivity contribution >= 4 is 21.6 Å². The summed E-state index contributed by atoms with van der Waals surface area (Å²) >= 11 is 5.77. The predicted octanol–water partition coefficient (Wildman–Crippen LogP) is 1.07. The van der Waals surface area contributed by atoms with Crippen molar-refractivity contribution in [1.29, 1.82) is 0 Å². The van der Waals surface area contributed by atoms with E-state index in [1.165, 1.54) is 16.4 Å². The molecule has 1 saturated heterocycles. The molecular formula is C10H12ClFN2O2S. The Morgan fingerprint density at radius 2 is 1.94 bits per heavy atom. The lowest BCUT2D eigenvalue weighted by Crippen LogP contribution is -2.46. The van der Waals surface area contributed by atoms with Crippen molar-refractivity contribution in [2.45, 2.75) is 4.90 Å². The van der Waals surface area contributed by atoms with Crippen LogP contribution in [-0.2, 0) is 10.0 Å². The van der Waals surface area contributed by atoms with Gasteiger partial charge in [0.2, 0.25) is 10.0 Å². The first-order chi connectivity index (χ1) is 8.03. The molecule has 7 heteroatoms. The van der Waals surface area contributed by atoms with Gasteiger partial charge in [0, 0.05) is 26.2 Å². The van der Waals surface area contributed by atoms with E-state index < -0.39 is 20.7 Å². The van der Waals surface area contributed by atoms with E-state index in [-0.39, 0.29) is 5.02 Å². The van der Waals surface area contributed by atoms with Crippen molar-refractivity contribution in [1.82, 2.24) is 9.62 Å². The Morgan fingerprint density at radius 3 is 2.53 bits per heavy atom. The fraction of sp³-hybridized carbons (Fsp3) is 0.400. The van der Waals surface area contributed by atoms with Crippen molar-refractivity contribution in [3.05, 3.63) is 29.0 Å². The second-order valence-electron chi connectivity index (χ2n) is 3.70. The average Bonchev–Trinajstić information content (AvgIpc) is 2.29. The van der Waals surface area contributed by atoms with Gasteiger partial charge in [0.1, 0.15) is 10.7 Å². The summed E-state index contributed by atoms with van der Waals surface area (Å²) in [6.07, 6.45) is 0. The van der Waals surface area contributed by atoms with E-state index in [1.807, 2.05) is 0 Å². The highest BCUT2D eigenvalue weighted by Gasteiger charge is 2.30. The van der Waals surface area contributed by atoms with Crippen molar-refractivity contribution < 1.29 is 12.8 Å². The van der Waals surface area contributed by atoms with Crippen LogP contribution in [0.1, 0.15) is 0 Å². The molecule has 0 unspecified atom stereocenters. The quantitative estimate of drug-likeness (QED) is 0.880. The van der Waals surface area contributed by atoms with Crippen LogP contribution in [0, 0.1) is 5.82 Å². The van der Waals surface area contributed by atoms with E-state index >= 15 is 0 Å². The van der Waals surface area contributed by atoms with E-state index in [1.54, 1.807) is 0 Å². The summed E-state index contributed by atoms with van der Waals surface area (Å²) < 4.78 is 39.2. The summed E-state index contributed by atoms with van der Waals surface area (Å²) in [5.74, 6) is -0.809. The first kappa shape index (κ1) is 12.8. The third-order valence-corrected chi connectivity index (χ3v) is 5.00. The molecule has 1 N–H and O–H groups in total. The van der Waals surface area contributed by atoms with E-state index in [2.05, 4.69) is 5.32 Å². The average molecular weight is 279 g/mol. The number of benzene rings is 1. The van der Waals surface area contributed by atoms with Gasteiger partial charge in [-0.2, -0.15) is 4.31 Å². The van der Waals surface area contributed by atoms with Crippen LogP contribution in [0.5, 0.6) is 0 Å². The lowest BCUT2D eigenvalue weighted by atomic mass is 10.3. The van der Waals surface area contributed by atoms with Crippen LogP contribution in [-0.4, -0.2) is 38.9 Å². The summed E-state index contributed by atoms with van der Waals surface area (Å²) in [5, 5.41) is 2.95. The lowest BCUT2D eigenvalue weighted by Gasteiger charge is -2.27. The summed E-state index contributed by atoms with van der Waals surface area (Å²) in [6, 6.07) is 3.86. The molecule has 0 amide bonds. The van der Waals surface area contributed by atoms with Gasteiger partial charge in [0.25, 0.3) is 0 Å². The van der Waals surface area contributed by atoms with Gasteiger partial charge in [-0.25, -0.2) is 12.8 Å². The number of sulfonamides is 1. The van der Waals surface area contributed by atoms with Crippen LogP contribution >= 0.6 is 11.6 Å². The van der Waals surface area contributed by atoms with E-state index in [9.17, 15) is 12.8 Å². The molecule has 94 valence electrons. The number of nitrogens with one attached hydrogen (secondary N) is 1. The van der Waals surface area contributed by atoms with Crippen LogP contribution < -0.4 is 5.32 Å². The zero-order chi connectivity index (χ0) is 12.5. The smallest absolute Gasteiger partial charge is 0.247 e. The number of nitrogens with zero attached hydrogens (tertiary/aromatic N) is 1. The third-order valence-electron chi connectivity index (χ3n) is 2.59.